The van der Waals surface area contributed by atoms with Crippen molar-refractivity contribution in [3.63, 3.8) is 0 Å². The van der Waals surface area contributed by atoms with Crippen LogP contribution in [0, 0.1) is 10.1 Å². The fraction of sp³-hybridized carbons (Fsp3) is 0.125. The van der Waals surface area contributed by atoms with E-state index in [1.165, 1.54) is 30.3 Å². The van der Waals surface area contributed by atoms with E-state index >= 15 is 0 Å². The molecule has 3 aromatic carbocycles. The third-order valence-corrected chi connectivity index (χ3v) is 4.83. The lowest BCUT2D eigenvalue weighted by Crippen LogP contribution is -2.14. The number of benzene rings is 3. The van der Waals surface area contributed by atoms with Gasteiger partial charge < -0.3 is 4.74 Å². The Bertz CT molecular complexity index is 1140. The summed E-state index contributed by atoms with van der Waals surface area (Å²) < 4.78 is 5.28. The molecule has 1 atom stereocenters. The highest BCUT2D eigenvalue weighted by molar-refractivity contribution is 6.09. The summed E-state index contributed by atoms with van der Waals surface area (Å²) in [5.41, 5.74) is 1.08. The molecule has 0 heterocycles. The zero-order chi connectivity index (χ0) is 22.4. The standard InChI is InChI=1S/C24H19NO6/c1-16(15-31-24(28)21-10-6-5-9-19(21)14-26)20-12-11-18(13-22(20)25(29)30)23(27)17-7-3-2-4-8-17/h2-14,16H,15H2,1H3. The maximum atomic E-state index is 12.6. The van der Waals surface area contributed by atoms with Gasteiger partial charge >= 0.3 is 5.97 Å². The Hall–Kier alpha value is -4.13. The quantitative estimate of drug-likeness (QED) is 0.174. The van der Waals surface area contributed by atoms with E-state index in [1.807, 2.05) is 0 Å². The van der Waals surface area contributed by atoms with Gasteiger partial charge in [-0.3, -0.25) is 19.7 Å². The van der Waals surface area contributed by atoms with Crippen LogP contribution in [0.1, 0.15) is 55.0 Å². The number of esters is 1. The van der Waals surface area contributed by atoms with E-state index < -0.39 is 16.8 Å². The molecule has 0 aromatic heterocycles. The molecule has 3 rings (SSSR count). The molecule has 0 radical (unpaired) electrons. The van der Waals surface area contributed by atoms with Crippen LogP contribution in [-0.2, 0) is 4.74 Å². The summed E-state index contributed by atoms with van der Waals surface area (Å²) in [7, 11) is 0. The van der Waals surface area contributed by atoms with Gasteiger partial charge in [-0.2, -0.15) is 0 Å². The molecule has 31 heavy (non-hydrogen) atoms. The Morgan fingerprint density at radius 2 is 1.68 bits per heavy atom. The van der Waals surface area contributed by atoms with Gasteiger partial charge in [0.05, 0.1) is 17.1 Å². The first-order chi connectivity index (χ1) is 14.9. The van der Waals surface area contributed by atoms with E-state index in [4.69, 9.17) is 4.74 Å². The molecule has 7 heteroatoms. The zero-order valence-electron chi connectivity index (χ0n) is 16.7. The second-order valence-electron chi connectivity index (χ2n) is 6.93. The number of carbonyl (C=O) groups excluding carboxylic acids is 3. The maximum Gasteiger partial charge on any atom is 0.338 e. The highest BCUT2D eigenvalue weighted by Crippen LogP contribution is 2.29. The SMILES string of the molecule is CC(COC(=O)c1ccccc1C=O)c1ccc(C(=O)c2ccccc2)cc1[N+](=O)[O-]. The van der Waals surface area contributed by atoms with Crippen molar-refractivity contribution in [3.05, 3.63) is 111 Å². The van der Waals surface area contributed by atoms with Crippen molar-refractivity contribution < 1.29 is 24.0 Å². The molecule has 0 fully saturated rings. The summed E-state index contributed by atoms with van der Waals surface area (Å²) in [5, 5.41) is 11.6. The lowest BCUT2D eigenvalue weighted by Gasteiger charge is -2.14. The van der Waals surface area contributed by atoms with Gasteiger partial charge in [0, 0.05) is 34.2 Å². The molecule has 0 bridgehead atoms. The topological polar surface area (TPSA) is 104 Å². The summed E-state index contributed by atoms with van der Waals surface area (Å²) in [4.78, 5) is 47.1. The van der Waals surface area contributed by atoms with Crippen molar-refractivity contribution in [3.8, 4) is 0 Å². The minimum Gasteiger partial charge on any atom is -0.461 e. The third-order valence-electron chi connectivity index (χ3n) is 4.83. The fourth-order valence-corrected chi connectivity index (χ4v) is 3.17. The van der Waals surface area contributed by atoms with Gasteiger partial charge in [0.1, 0.15) is 0 Å². The number of nitrogens with zero attached hydrogens (tertiary/aromatic N) is 1. The van der Waals surface area contributed by atoms with Crippen molar-refractivity contribution in [2.75, 3.05) is 6.61 Å². The van der Waals surface area contributed by atoms with E-state index in [0.29, 0.717) is 17.4 Å². The molecule has 0 aliphatic carbocycles. The summed E-state index contributed by atoms with van der Waals surface area (Å²) in [5.74, 6) is -1.51. The van der Waals surface area contributed by atoms with E-state index in [-0.39, 0.29) is 34.8 Å². The molecule has 7 nitrogen and oxygen atoms in total. The van der Waals surface area contributed by atoms with E-state index in [9.17, 15) is 24.5 Å². The molecule has 0 N–H and O–H groups in total. The molecule has 0 aliphatic heterocycles. The van der Waals surface area contributed by atoms with Crippen molar-refractivity contribution in [2.45, 2.75) is 12.8 Å². The van der Waals surface area contributed by atoms with Crippen LogP contribution in [0.5, 0.6) is 0 Å². The highest BCUT2D eigenvalue weighted by Gasteiger charge is 2.23. The summed E-state index contributed by atoms with van der Waals surface area (Å²) in [6.07, 6.45) is 0.563. The molecule has 0 saturated carbocycles. The van der Waals surface area contributed by atoms with Gasteiger partial charge in [-0.15, -0.1) is 0 Å². The molecule has 0 aliphatic rings. The molecular formula is C24H19NO6. The van der Waals surface area contributed by atoms with Gasteiger partial charge in [-0.25, -0.2) is 4.79 Å². The number of nitro benzene ring substituents is 1. The molecule has 3 aromatic rings. The van der Waals surface area contributed by atoms with Crippen LogP contribution in [0.3, 0.4) is 0 Å². The Labute approximate surface area is 178 Å². The smallest absolute Gasteiger partial charge is 0.338 e. The van der Waals surface area contributed by atoms with Gasteiger partial charge in [0.15, 0.2) is 12.1 Å². The van der Waals surface area contributed by atoms with Crippen molar-refractivity contribution >= 4 is 23.7 Å². The molecular weight excluding hydrogens is 398 g/mol. The van der Waals surface area contributed by atoms with Gasteiger partial charge in [-0.05, 0) is 6.07 Å². The van der Waals surface area contributed by atoms with Crippen molar-refractivity contribution in [1.82, 2.24) is 0 Å². The minimum absolute atomic E-state index is 0.126. The third kappa shape index (κ3) is 4.90. The Morgan fingerprint density at radius 1 is 1.00 bits per heavy atom. The first kappa shape index (κ1) is 21.6. The zero-order valence-corrected chi connectivity index (χ0v) is 16.7. The van der Waals surface area contributed by atoms with Crippen molar-refractivity contribution in [1.29, 1.82) is 0 Å². The molecule has 1 unspecified atom stereocenters. The molecule has 0 spiro atoms. The van der Waals surface area contributed by atoms with Gasteiger partial charge in [0.2, 0.25) is 0 Å². The summed E-state index contributed by atoms with van der Waals surface area (Å²) in [6.45, 7) is 1.55. The van der Waals surface area contributed by atoms with E-state index in [2.05, 4.69) is 0 Å². The van der Waals surface area contributed by atoms with Crippen LogP contribution >= 0.6 is 0 Å². The second-order valence-corrected chi connectivity index (χ2v) is 6.93. The monoisotopic (exact) mass is 417 g/mol. The molecule has 156 valence electrons. The molecule has 0 amide bonds. The largest absolute Gasteiger partial charge is 0.461 e. The highest BCUT2D eigenvalue weighted by atomic mass is 16.6. The van der Waals surface area contributed by atoms with Gasteiger partial charge in [0.25, 0.3) is 5.69 Å². The number of hydrogen-bond acceptors (Lipinski definition) is 6. The summed E-state index contributed by atoms with van der Waals surface area (Å²) >= 11 is 0. The predicted octanol–water partition coefficient (Wildman–Crippen LogP) is 4.60. The lowest BCUT2D eigenvalue weighted by molar-refractivity contribution is -0.385. The normalized spacial score (nSPS) is 11.4. The maximum absolute atomic E-state index is 12.6. The van der Waals surface area contributed by atoms with Crippen LogP contribution in [0.4, 0.5) is 5.69 Å². The predicted molar refractivity (Wildman–Crippen MR) is 113 cm³/mol. The van der Waals surface area contributed by atoms with E-state index in [1.54, 1.807) is 49.4 Å². The average molecular weight is 417 g/mol. The fourth-order valence-electron chi connectivity index (χ4n) is 3.17. The Morgan fingerprint density at radius 3 is 2.35 bits per heavy atom. The van der Waals surface area contributed by atoms with Crippen molar-refractivity contribution in [2.24, 2.45) is 0 Å². The van der Waals surface area contributed by atoms with Crippen LogP contribution in [0.2, 0.25) is 0 Å². The number of rotatable bonds is 8. The number of aldehydes is 1. The van der Waals surface area contributed by atoms with Crippen LogP contribution in [0.25, 0.3) is 0 Å². The lowest BCUT2D eigenvalue weighted by atomic mass is 9.95. The average Bonchev–Trinajstić information content (AvgIpc) is 2.81. The van der Waals surface area contributed by atoms with Crippen LogP contribution < -0.4 is 0 Å². The van der Waals surface area contributed by atoms with Crippen LogP contribution in [0.15, 0.2) is 72.8 Å². The number of ketones is 1. The first-order valence-corrected chi connectivity index (χ1v) is 9.51. The minimum atomic E-state index is -0.687. The number of hydrogen-bond donors (Lipinski definition) is 0. The Balaban J connectivity index is 1.80. The number of nitro groups is 1. The number of carbonyl (C=O) groups is 3. The second kappa shape index (κ2) is 9.58. The number of ether oxygens (including phenoxy) is 1. The summed E-state index contributed by atoms with van der Waals surface area (Å²) in [6, 6.07) is 19.0. The van der Waals surface area contributed by atoms with Crippen LogP contribution in [-0.4, -0.2) is 29.6 Å². The molecule has 0 saturated heterocycles. The Kier molecular flexibility index (Phi) is 6.67. The first-order valence-electron chi connectivity index (χ1n) is 9.51. The van der Waals surface area contributed by atoms with E-state index in [0.717, 1.165) is 0 Å². The van der Waals surface area contributed by atoms with Gasteiger partial charge in [-0.1, -0.05) is 67.6 Å².